The van der Waals surface area contributed by atoms with Gasteiger partial charge in [0, 0.05) is 19.6 Å². The maximum atomic E-state index is 12.8. The molecule has 3 rings (SSSR count). The van der Waals surface area contributed by atoms with Gasteiger partial charge in [0.25, 0.3) is 5.91 Å². The number of benzene rings is 1. The van der Waals surface area contributed by atoms with Crippen molar-refractivity contribution in [1.82, 2.24) is 10.2 Å². The number of rotatable bonds is 4. The van der Waals surface area contributed by atoms with Crippen molar-refractivity contribution in [3.63, 3.8) is 0 Å². The van der Waals surface area contributed by atoms with Gasteiger partial charge in [0.15, 0.2) is 6.10 Å². The summed E-state index contributed by atoms with van der Waals surface area (Å²) in [5.74, 6) is 0.938. The van der Waals surface area contributed by atoms with E-state index in [1.165, 1.54) is 6.42 Å². The van der Waals surface area contributed by atoms with E-state index in [9.17, 15) is 4.79 Å². The van der Waals surface area contributed by atoms with E-state index in [4.69, 9.17) is 4.74 Å². The molecule has 0 aliphatic carbocycles. The van der Waals surface area contributed by atoms with Gasteiger partial charge in [0.2, 0.25) is 0 Å². The summed E-state index contributed by atoms with van der Waals surface area (Å²) < 4.78 is 5.97. The number of aryl methyl sites for hydroxylation is 1. The number of hydrogen-bond donors (Lipinski definition) is 1. The van der Waals surface area contributed by atoms with Gasteiger partial charge >= 0.3 is 0 Å². The van der Waals surface area contributed by atoms with Crippen LogP contribution in [0.2, 0.25) is 0 Å². The lowest BCUT2D eigenvalue weighted by Crippen LogP contribution is -2.48. The standard InChI is InChI=1S/C19H28N2O2/c1-3-17(23-16-6-4-5-15(2)13-16)18(22)21-11-8-19(9-12-21)7-10-20-14-19/h4-6,13,17,20H,3,7-12,14H2,1-2H3. The minimum absolute atomic E-state index is 0.148. The fraction of sp³-hybridized carbons (Fsp3) is 0.632. The van der Waals surface area contributed by atoms with Gasteiger partial charge in [-0.3, -0.25) is 4.79 Å². The van der Waals surface area contributed by atoms with Crippen molar-refractivity contribution in [3.8, 4) is 5.75 Å². The molecule has 23 heavy (non-hydrogen) atoms. The number of ether oxygens (including phenoxy) is 1. The van der Waals surface area contributed by atoms with Crippen LogP contribution in [0.25, 0.3) is 0 Å². The predicted octanol–water partition coefficient (Wildman–Crippen LogP) is 2.75. The van der Waals surface area contributed by atoms with E-state index in [1.807, 2.05) is 43.0 Å². The molecule has 2 fully saturated rings. The number of nitrogens with one attached hydrogen (secondary N) is 1. The first-order valence-electron chi connectivity index (χ1n) is 8.85. The molecule has 1 aromatic carbocycles. The highest BCUT2D eigenvalue weighted by Crippen LogP contribution is 2.37. The topological polar surface area (TPSA) is 41.6 Å². The summed E-state index contributed by atoms with van der Waals surface area (Å²) in [6, 6.07) is 7.93. The molecule has 1 atom stereocenters. The summed E-state index contributed by atoms with van der Waals surface area (Å²) in [4.78, 5) is 14.8. The first-order valence-corrected chi connectivity index (χ1v) is 8.85. The Morgan fingerprint density at radius 1 is 1.35 bits per heavy atom. The highest BCUT2D eigenvalue weighted by Gasteiger charge is 2.39. The van der Waals surface area contributed by atoms with E-state index in [-0.39, 0.29) is 12.0 Å². The van der Waals surface area contributed by atoms with Crippen LogP contribution in [0.5, 0.6) is 5.75 Å². The predicted molar refractivity (Wildman–Crippen MR) is 91.6 cm³/mol. The van der Waals surface area contributed by atoms with E-state index in [0.717, 1.165) is 50.3 Å². The lowest BCUT2D eigenvalue weighted by molar-refractivity contribution is -0.141. The molecule has 1 spiro atoms. The van der Waals surface area contributed by atoms with Crippen LogP contribution in [0.3, 0.4) is 0 Å². The summed E-state index contributed by atoms with van der Waals surface area (Å²) in [6.45, 7) is 8.04. The van der Waals surface area contributed by atoms with E-state index >= 15 is 0 Å². The number of nitrogens with zero attached hydrogens (tertiary/aromatic N) is 1. The van der Waals surface area contributed by atoms with Crippen molar-refractivity contribution < 1.29 is 9.53 Å². The van der Waals surface area contributed by atoms with Gasteiger partial charge in [-0.2, -0.15) is 0 Å². The molecule has 4 nitrogen and oxygen atoms in total. The van der Waals surface area contributed by atoms with Crippen molar-refractivity contribution in [2.75, 3.05) is 26.2 Å². The Balaban J connectivity index is 1.59. The fourth-order valence-corrected chi connectivity index (χ4v) is 3.79. The number of piperidine rings is 1. The van der Waals surface area contributed by atoms with Crippen LogP contribution < -0.4 is 10.1 Å². The van der Waals surface area contributed by atoms with E-state index in [2.05, 4.69) is 5.32 Å². The molecule has 2 heterocycles. The van der Waals surface area contributed by atoms with E-state index in [1.54, 1.807) is 0 Å². The molecule has 1 amide bonds. The van der Waals surface area contributed by atoms with Crippen LogP contribution in [0, 0.1) is 12.3 Å². The van der Waals surface area contributed by atoms with Crippen LogP contribution in [-0.4, -0.2) is 43.1 Å². The largest absolute Gasteiger partial charge is 0.481 e. The number of carbonyl (C=O) groups is 1. The highest BCUT2D eigenvalue weighted by molar-refractivity contribution is 5.81. The van der Waals surface area contributed by atoms with Crippen molar-refractivity contribution in [2.24, 2.45) is 5.41 Å². The van der Waals surface area contributed by atoms with Crippen molar-refractivity contribution >= 4 is 5.91 Å². The third kappa shape index (κ3) is 3.69. The number of hydrogen-bond acceptors (Lipinski definition) is 3. The van der Waals surface area contributed by atoms with Crippen LogP contribution in [0.1, 0.15) is 38.2 Å². The minimum atomic E-state index is -0.368. The second-order valence-corrected chi connectivity index (χ2v) is 7.08. The van der Waals surface area contributed by atoms with Gasteiger partial charge < -0.3 is 15.0 Å². The molecule has 1 aromatic rings. The summed E-state index contributed by atoms with van der Waals surface area (Å²) in [6.07, 6.45) is 3.83. The lowest BCUT2D eigenvalue weighted by atomic mass is 9.78. The van der Waals surface area contributed by atoms with E-state index < -0.39 is 0 Å². The molecular weight excluding hydrogens is 288 g/mol. The summed E-state index contributed by atoms with van der Waals surface area (Å²) in [5.41, 5.74) is 1.59. The van der Waals surface area contributed by atoms with Crippen LogP contribution in [0.15, 0.2) is 24.3 Å². The van der Waals surface area contributed by atoms with E-state index in [0.29, 0.717) is 11.8 Å². The molecular formula is C19H28N2O2. The van der Waals surface area contributed by atoms with Crippen LogP contribution >= 0.6 is 0 Å². The minimum Gasteiger partial charge on any atom is -0.481 e. The fourth-order valence-electron chi connectivity index (χ4n) is 3.79. The molecule has 4 heteroatoms. The van der Waals surface area contributed by atoms with Crippen molar-refractivity contribution in [3.05, 3.63) is 29.8 Å². The Bertz CT molecular complexity index is 542. The van der Waals surface area contributed by atoms with Gasteiger partial charge in [-0.25, -0.2) is 0 Å². The normalized spacial score (nSPS) is 21.4. The molecule has 2 saturated heterocycles. The van der Waals surface area contributed by atoms with Gasteiger partial charge in [-0.05, 0) is 62.3 Å². The third-order valence-electron chi connectivity index (χ3n) is 5.38. The van der Waals surface area contributed by atoms with Gasteiger partial charge in [-0.1, -0.05) is 19.1 Å². The number of likely N-dealkylation sites (tertiary alicyclic amines) is 1. The lowest BCUT2D eigenvalue weighted by Gasteiger charge is -2.39. The van der Waals surface area contributed by atoms with Crippen molar-refractivity contribution in [1.29, 1.82) is 0 Å². The maximum Gasteiger partial charge on any atom is 0.263 e. The summed E-state index contributed by atoms with van der Waals surface area (Å²) in [5, 5.41) is 3.47. The Kier molecular flexibility index (Phi) is 4.90. The SMILES string of the molecule is CCC(Oc1cccc(C)c1)C(=O)N1CCC2(CCNC2)CC1. The first kappa shape index (κ1) is 16.3. The van der Waals surface area contributed by atoms with Gasteiger partial charge in [0.05, 0.1) is 0 Å². The quantitative estimate of drug-likeness (QED) is 0.929. The highest BCUT2D eigenvalue weighted by atomic mass is 16.5. The molecule has 2 aliphatic heterocycles. The summed E-state index contributed by atoms with van der Waals surface area (Å²) >= 11 is 0. The van der Waals surface area contributed by atoms with Gasteiger partial charge in [0.1, 0.15) is 5.75 Å². The molecule has 2 aliphatic rings. The Morgan fingerprint density at radius 2 is 2.13 bits per heavy atom. The molecule has 0 aromatic heterocycles. The Hall–Kier alpha value is -1.55. The molecule has 0 radical (unpaired) electrons. The average Bonchev–Trinajstić information content (AvgIpc) is 3.01. The van der Waals surface area contributed by atoms with Crippen molar-refractivity contribution in [2.45, 2.75) is 45.6 Å². The number of amides is 1. The zero-order valence-corrected chi connectivity index (χ0v) is 14.3. The van der Waals surface area contributed by atoms with Crippen LogP contribution in [0.4, 0.5) is 0 Å². The maximum absolute atomic E-state index is 12.8. The second kappa shape index (κ2) is 6.91. The molecule has 1 N–H and O–H groups in total. The molecule has 1 unspecified atom stereocenters. The number of carbonyl (C=O) groups excluding carboxylic acids is 1. The summed E-state index contributed by atoms with van der Waals surface area (Å²) in [7, 11) is 0. The Labute approximate surface area is 139 Å². The smallest absolute Gasteiger partial charge is 0.263 e. The second-order valence-electron chi connectivity index (χ2n) is 7.08. The molecule has 0 bridgehead atoms. The van der Waals surface area contributed by atoms with Gasteiger partial charge in [-0.15, -0.1) is 0 Å². The zero-order chi connectivity index (χ0) is 16.3. The average molecular weight is 316 g/mol. The third-order valence-corrected chi connectivity index (χ3v) is 5.38. The molecule has 126 valence electrons. The van der Waals surface area contributed by atoms with Crippen LogP contribution in [-0.2, 0) is 4.79 Å². The first-order chi connectivity index (χ1) is 11.1. The monoisotopic (exact) mass is 316 g/mol. The zero-order valence-electron chi connectivity index (χ0n) is 14.3. The molecule has 0 saturated carbocycles. The Morgan fingerprint density at radius 3 is 2.74 bits per heavy atom.